The topological polar surface area (TPSA) is 55.8 Å². The molecule has 106 valence electrons. The van der Waals surface area contributed by atoms with Crippen molar-refractivity contribution in [1.82, 2.24) is 0 Å². The molecule has 0 bridgehead atoms. The van der Waals surface area contributed by atoms with E-state index >= 15 is 0 Å². The first kappa shape index (κ1) is 14.1. The summed E-state index contributed by atoms with van der Waals surface area (Å²) in [5.41, 5.74) is 1.47. The van der Waals surface area contributed by atoms with Crippen molar-refractivity contribution in [2.75, 3.05) is 0 Å². The van der Waals surface area contributed by atoms with Gasteiger partial charge in [0.05, 0.1) is 11.7 Å². The Labute approximate surface area is 114 Å². The first-order valence-electron chi connectivity index (χ1n) is 6.88. The lowest BCUT2D eigenvalue weighted by molar-refractivity contribution is -0.207. The Hall–Kier alpha value is -1.29. The van der Waals surface area contributed by atoms with Crippen molar-refractivity contribution in [3.05, 3.63) is 23.0 Å². The highest BCUT2D eigenvalue weighted by Crippen LogP contribution is 2.31. The monoisotopic (exact) mass is 266 g/mol. The Bertz CT molecular complexity index is 431. The molecule has 4 nitrogen and oxygen atoms in total. The molecule has 2 rings (SSSR count). The van der Waals surface area contributed by atoms with Gasteiger partial charge in [0.25, 0.3) is 0 Å². The van der Waals surface area contributed by atoms with Crippen molar-refractivity contribution >= 4 is 5.97 Å². The molecule has 1 atom stereocenters. The van der Waals surface area contributed by atoms with Gasteiger partial charge in [0, 0.05) is 20.3 Å². The smallest absolute Gasteiger partial charge is 0.340 e. The van der Waals surface area contributed by atoms with Crippen LogP contribution in [0, 0.1) is 0 Å². The number of hydrogen-bond acceptors (Lipinski definition) is 4. The van der Waals surface area contributed by atoms with Crippen molar-refractivity contribution < 1.29 is 19.4 Å². The third-order valence-corrected chi connectivity index (χ3v) is 3.56. The van der Waals surface area contributed by atoms with E-state index in [1.807, 2.05) is 0 Å². The molecule has 0 amide bonds. The molecule has 0 saturated heterocycles. The van der Waals surface area contributed by atoms with Crippen LogP contribution in [0.4, 0.5) is 0 Å². The molecule has 1 unspecified atom stereocenters. The average molecular weight is 266 g/mol. The summed E-state index contributed by atoms with van der Waals surface area (Å²) in [4.78, 5) is 11.9. The fourth-order valence-corrected chi connectivity index (χ4v) is 2.60. The van der Waals surface area contributed by atoms with Crippen LogP contribution >= 0.6 is 0 Å². The molecule has 19 heavy (non-hydrogen) atoms. The second-order valence-electron chi connectivity index (χ2n) is 5.67. The van der Waals surface area contributed by atoms with Gasteiger partial charge in [-0.25, -0.2) is 4.79 Å². The molecule has 1 aliphatic heterocycles. The maximum Gasteiger partial charge on any atom is 0.340 e. The van der Waals surface area contributed by atoms with Gasteiger partial charge in [-0.05, 0) is 38.2 Å². The number of allylic oxidation sites excluding steroid dienone is 2. The third-order valence-electron chi connectivity index (χ3n) is 3.56. The van der Waals surface area contributed by atoms with Crippen LogP contribution in [0.25, 0.3) is 0 Å². The number of aliphatic hydroxyl groups excluding tert-OH is 1. The van der Waals surface area contributed by atoms with Crippen LogP contribution in [-0.2, 0) is 14.3 Å². The molecular weight excluding hydrogens is 244 g/mol. The molecule has 0 aromatic carbocycles. The van der Waals surface area contributed by atoms with Gasteiger partial charge in [-0.15, -0.1) is 0 Å². The van der Waals surface area contributed by atoms with Gasteiger partial charge in [-0.3, -0.25) is 0 Å². The lowest BCUT2D eigenvalue weighted by Gasteiger charge is -2.33. The fraction of sp³-hybridized carbons (Fsp3) is 0.667. The van der Waals surface area contributed by atoms with Crippen molar-refractivity contribution in [3.63, 3.8) is 0 Å². The zero-order valence-electron chi connectivity index (χ0n) is 11.9. The molecule has 4 heteroatoms. The van der Waals surface area contributed by atoms with Crippen LogP contribution in [0.1, 0.15) is 52.9 Å². The summed E-state index contributed by atoms with van der Waals surface area (Å²) in [6.45, 7) is 5.15. The molecule has 1 N–H and O–H groups in total. The van der Waals surface area contributed by atoms with Gasteiger partial charge in [0.2, 0.25) is 5.79 Å². The molecule has 2 aliphatic rings. The second kappa shape index (κ2) is 5.37. The maximum absolute atomic E-state index is 11.9. The fourth-order valence-electron chi connectivity index (χ4n) is 2.60. The second-order valence-corrected chi connectivity index (χ2v) is 5.67. The Balaban J connectivity index is 2.09. The minimum atomic E-state index is -0.917. The number of hydrogen-bond donors (Lipinski definition) is 1. The first-order valence-corrected chi connectivity index (χ1v) is 6.88. The Morgan fingerprint density at radius 1 is 1.37 bits per heavy atom. The normalized spacial score (nSPS) is 24.4. The van der Waals surface area contributed by atoms with Crippen LogP contribution in [0.3, 0.4) is 0 Å². The Morgan fingerprint density at radius 2 is 2.11 bits per heavy atom. The van der Waals surface area contributed by atoms with Crippen molar-refractivity contribution in [2.45, 2.75) is 64.8 Å². The summed E-state index contributed by atoms with van der Waals surface area (Å²) in [7, 11) is 0. The van der Waals surface area contributed by atoms with Gasteiger partial charge < -0.3 is 14.6 Å². The molecule has 0 saturated carbocycles. The van der Waals surface area contributed by atoms with Crippen molar-refractivity contribution in [3.8, 4) is 0 Å². The highest BCUT2D eigenvalue weighted by atomic mass is 16.7. The van der Waals surface area contributed by atoms with Gasteiger partial charge in [0.15, 0.2) is 0 Å². The van der Waals surface area contributed by atoms with Crippen molar-refractivity contribution in [1.29, 1.82) is 0 Å². The summed E-state index contributed by atoms with van der Waals surface area (Å²) in [5.74, 6) is -0.749. The number of cyclic esters (lactones) is 1. The summed E-state index contributed by atoms with van der Waals surface area (Å²) in [6.07, 6.45) is 5.96. The standard InChI is InChI=1S/C15H22O4/c1-10-12(14(17)19-15(2,3)18-10)9-13(16)11-7-5-4-6-8-11/h7,13,16H,4-6,8-9H2,1-3H3. The highest BCUT2D eigenvalue weighted by Gasteiger charge is 2.35. The molecule has 0 fully saturated rings. The molecule has 0 aromatic heterocycles. The molecule has 0 aromatic rings. The number of rotatable bonds is 3. The number of esters is 1. The Morgan fingerprint density at radius 3 is 2.68 bits per heavy atom. The first-order chi connectivity index (χ1) is 8.89. The van der Waals surface area contributed by atoms with Crippen LogP contribution in [0.15, 0.2) is 23.0 Å². The molecule has 1 aliphatic carbocycles. The van der Waals surface area contributed by atoms with E-state index in [2.05, 4.69) is 6.08 Å². The van der Waals surface area contributed by atoms with Crippen LogP contribution in [0.5, 0.6) is 0 Å². The van der Waals surface area contributed by atoms with E-state index in [4.69, 9.17) is 9.47 Å². The highest BCUT2D eigenvalue weighted by molar-refractivity contribution is 5.90. The zero-order valence-corrected chi connectivity index (χ0v) is 11.9. The van der Waals surface area contributed by atoms with Crippen LogP contribution in [-0.4, -0.2) is 23.0 Å². The summed E-state index contributed by atoms with van der Waals surface area (Å²) in [5, 5.41) is 10.2. The molecule has 0 spiro atoms. The van der Waals surface area contributed by atoms with E-state index in [0.717, 1.165) is 24.8 Å². The zero-order chi connectivity index (χ0) is 14.0. The van der Waals surface area contributed by atoms with E-state index < -0.39 is 11.9 Å². The minimum absolute atomic E-state index is 0.270. The quantitative estimate of drug-likeness (QED) is 0.630. The lowest BCUT2D eigenvalue weighted by Crippen LogP contribution is -2.37. The number of aliphatic hydroxyl groups is 1. The lowest BCUT2D eigenvalue weighted by atomic mass is 9.91. The summed E-state index contributed by atoms with van der Waals surface area (Å²) < 4.78 is 10.7. The average Bonchev–Trinajstić information content (AvgIpc) is 2.33. The largest absolute Gasteiger partial charge is 0.457 e. The van der Waals surface area contributed by atoms with E-state index in [9.17, 15) is 9.90 Å². The van der Waals surface area contributed by atoms with Crippen molar-refractivity contribution in [2.24, 2.45) is 0 Å². The predicted octanol–water partition coefficient (Wildman–Crippen LogP) is 2.82. The molecule has 0 radical (unpaired) electrons. The van der Waals surface area contributed by atoms with Gasteiger partial charge in [-0.2, -0.15) is 0 Å². The van der Waals surface area contributed by atoms with Crippen LogP contribution in [0.2, 0.25) is 0 Å². The van der Waals surface area contributed by atoms with E-state index in [0.29, 0.717) is 11.3 Å². The number of carbonyl (C=O) groups is 1. The van der Waals surface area contributed by atoms with Gasteiger partial charge in [0.1, 0.15) is 5.76 Å². The minimum Gasteiger partial charge on any atom is -0.457 e. The summed E-state index contributed by atoms with van der Waals surface area (Å²) >= 11 is 0. The molecular formula is C15H22O4. The predicted molar refractivity (Wildman–Crippen MR) is 71.1 cm³/mol. The van der Waals surface area contributed by atoms with E-state index in [1.54, 1.807) is 20.8 Å². The number of carbonyl (C=O) groups excluding carboxylic acids is 1. The number of ether oxygens (including phenoxy) is 2. The maximum atomic E-state index is 11.9. The Kier molecular flexibility index (Phi) is 3.99. The van der Waals surface area contributed by atoms with E-state index in [-0.39, 0.29) is 12.4 Å². The third kappa shape index (κ3) is 3.38. The van der Waals surface area contributed by atoms with E-state index in [1.165, 1.54) is 6.42 Å². The SMILES string of the molecule is CC1=C(CC(O)C2=CCCCC2)C(=O)OC(C)(C)O1. The van der Waals surface area contributed by atoms with Gasteiger partial charge >= 0.3 is 5.97 Å². The molecule has 1 heterocycles. The van der Waals surface area contributed by atoms with Gasteiger partial charge in [-0.1, -0.05) is 6.08 Å². The van der Waals surface area contributed by atoms with Crippen LogP contribution < -0.4 is 0 Å². The summed E-state index contributed by atoms with van der Waals surface area (Å²) in [6, 6.07) is 0.